The molecule has 146 valence electrons. The summed E-state index contributed by atoms with van der Waals surface area (Å²) < 4.78 is 10.5. The molecule has 0 aliphatic rings. The Morgan fingerprint density at radius 2 is 1.85 bits per heavy atom. The highest BCUT2D eigenvalue weighted by atomic mass is 16.5. The zero-order valence-electron chi connectivity index (χ0n) is 16.9. The van der Waals surface area contributed by atoms with Crippen molar-refractivity contribution in [3.63, 3.8) is 0 Å². The summed E-state index contributed by atoms with van der Waals surface area (Å²) in [7, 11) is 5.35. The molecule has 1 rings (SSSR count). The number of ether oxygens (including phenoxy) is 2. The predicted octanol–water partition coefficient (Wildman–Crippen LogP) is 2.27. The fourth-order valence-corrected chi connectivity index (χ4v) is 2.61. The van der Waals surface area contributed by atoms with Gasteiger partial charge in [-0.3, -0.25) is 9.59 Å². The van der Waals surface area contributed by atoms with Crippen LogP contribution in [0.15, 0.2) is 18.2 Å². The third-order valence-corrected chi connectivity index (χ3v) is 4.39. The first-order valence-electron chi connectivity index (χ1n) is 8.95. The molecule has 1 atom stereocenters. The number of benzene rings is 1. The topological polar surface area (TPSA) is 59.1 Å². The maximum absolute atomic E-state index is 12.7. The van der Waals surface area contributed by atoms with Crippen LogP contribution in [-0.4, -0.2) is 69.1 Å². The monoisotopic (exact) mass is 364 g/mol. The zero-order valence-corrected chi connectivity index (χ0v) is 16.9. The molecule has 0 saturated heterocycles. The minimum atomic E-state index is -0.371. The fraction of sp³-hybridized carbons (Fsp3) is 0.600. The van der Waals surface area contributed by atoms with E-state index in [1.807, 2.05) is 46.1 Å². The summed E-state index contributed by atoms with van der Waals surface area (Å²) in [5.74, 6) is -0.0945. The van der Waals surface area contributed by atoms with Gasteiger partial charge in [-0.15, -0.1) is 0 Å². The largest absolute Gasteiger partial charge is 0.483 e. The Balaban J connectivity index is 2.72. The lowest BCUT2D eigenvalue weighted by atomic mass is 10.1. The van der Waals surface area contributed by atoms with E-state index in [9.17, 15) is 9.59 Å². The molecule has 1 aromatic rings. The number of esters is 1. The van der Waals surface area contributed by atoms with Crippen molar-refractivity contribution in [1.82, 2.24) is 9.80 Å². The number of hydrogen-bond donors (Lipinski definition) is 0. The van der Waals surface area contributed by atoms with Crippen LogP contribution in [0.1, 0.15) is 24.5 Å². The van der Waals surface area contributed by atoms with Gasteiger partial charge in [-0.1, -0.05) is 19.1 Å². The first-order chi connectivity index (χ1) is 12.3. The molecule has 0 aliphatic carbocycles. The quantitative estimate of drug-likeness (QED) is 0.596. The van der Waals surface area contributed by atoms with E-state index in [1.54, 1.807) is 11.8 Å². The van der Waals surface area contributed by atoms with Gasteiger partial charge in [0.15, 0.2) is 6.61 Å². The smallest absolute Gasteiger partial charge is 0.310 e. The van der Waals surface area contributed by atoms with Gasteiger partial charge >= 0.3 is 5.97 Å². The van der Waals surface area contributed by atoms with Crippen LogP contribution in [-0.2, 0) is 14.3 Å². The van der Waals surface area contributed by atoms with Crippen molar-refractivity contribution in [3.05, 3.63) is 29.3 Å². The summed E-state index contributed by atoms with van der Waals surface area (Å²) >= 11 is 0. The molecule has 6 nitrogen and oxygen atoms in total. The molecule has 0 N–H and O–H groups in total. The second-order valence-corrected chi connectivity index (χ2v) is 6.91. The molecular weight excluding hydrogens is 332 g/mol. The van der Waals surface area contributed by atoms with Crippen LogP contribution >= 0.6 is 0 Å². The van der Waals surface area contributed by atoms with E-state index < -0.39 is 0 Å². The Morgan fingerprint density at radius 3 is 2.46 bits per heavy atom. The number of methoxy groups -OCH3 is 1. The molecule has 1 amide bonds. The van der Waals surface area contributed by atoms with Gasteiger partial charge < -0.3 is 19.3 Å². The number of carbonyl (C=O) groups is 2. The van der Waals surface area contributed by atoms with Gasteiger partial charge in [0.2, 0.25) is 0 Å². The Kier molecular flexibility index (Phi) is 9.13. The standard InChI is InChI=1S/C20H32N2O4/c1-15-9-7-10-18(17(15)3)26-14-19(23)22(12-8-11-21(4)5)13-16(2)20(24)25-6/h7,9-10,16H,8,11-14H2,1-6H3. The third-order valence-electron chi connectivity index (χ3n) is 4.39. The van der Waals surface area contributed by atoms with E-state index in [-0.39, 0.29) is 24.4 Å². The normalized spacial score (nSPS) is 12.0. The van der Waals surface area contributed by atoms with Gasteiger partial charge in [0, 0.05) is 13.1 Å². The Hall–Kier alpha value is -2.08. The number of hydrogen-bond acceptors (Lipinski definition) is 5. The summed E-state index contributed by atoms with van der Waals surface area (Å²) in [4.78, 5) is 28.1. The number of nitrogens with zero attached hydrogens (tertiary/aromatic N) is 2. The first-order valence-corrected chi connectivity index (χ1v) is 8.95. The van der Waals surface area contributed by atoms with Crippen molar-refractivity contribution in [2.75, 3.05) is 47.4 Å². The molecule has 6 heteroatoms. The lowest BCUT2D eigenvalue weighted by molar-refractivity contribution is -0.146. The molecule has 0 heterocycles. The first kappa shape index (κ1) is 22.0. The Bertz CT molecular complexity index is 601. The summed E-state index contributed by atoms with van der Waals surface area (Å²) in [6.07, 6.45) is 0.829. The van der Waals surface area contributed by atoms with Crippen LogP contribution in [0, 0.1) is 19.8 Å². The van der Waals surface area contributed by atoms with E-state index in [4.69, 9.17) is 9.47 Å². The van der Waals surface area contributed by atoms with E-state index in [0.717, 1.165) is 24.1 Å². The van der Waals surface area contributed by atoms with Crippen LogP contribution in [0.4, 0.5) is 0 Å². The second-order valence-electron chi connectivity index (χ2n) is 6.91. The van der Waals surface area contributed by atoms with Crippen molar-refractivity contribution in [1.29, 1.82) is 0 Å². The van der Waals surface area contributed by atoms with Gasteiger partial charge in [-0.2, -0.15) is 0 Å². The summed E-state index contributed by atoms with van der Waals surface area (Å²) in [6.45, 7) is 7.49. The van der Waals surface area contributed by atoms with Crippen LogP contribution in [0.3, 0.4) is 0 Å². The molecule has 26 heavy (non-hydrogen) atoms. The maximum Gasteiger partial charge on any atom is 0.310 e. The molecule has 0 fully saturated rings. The van der Waals surface area contributed by atoms with Crippen molar-refractivity contribution in [2.24, 2.45) is 5.92 Å². The molecule has 1 aromatic carbocycles. The van der Waals surface area contributed by atoms with Gasteiger partial charge in [-0.25, -0.2) is 0 Å². The van der Waals surface area contributed by atoms with Gasteiger partial charge in [0.1, 0.15) is 5.75 Å². The summed E-state index contributed by atoms with van der Waals surface area (Å²) in [6, 6.07) is 5.79. The lowest BCUT2D eigenvalue weighted by Gasteiger charge is -2.26. The second kappa shape index (κ2) is 10.8. The Morgan fingerprint density at radius 1 is 1.15 bits per heavy atom. The van der Waals surface area contributed by atoms with Gasteiger partial charge in [0.25, 0.3) is 5.91 Å². The van der Waals surface area contributed by atoms with Crippen molar-refractivity contribution < 1.29 is 19.1 Å². The van der Waals surface area contributed by atoms with Crippen LogP contribution in [0.25, 0.3) is 0 Å². The maximum atomic E-state index is 12.7. The SMILES string of the molecule is COC(=O)C(C)CN(CCCN(C)C)C(=O)COc1cccc(C)c1C. The number of carbonyl (C=O) groups excluding carboxylic acids is 2. The average Bonchev–Trinajstić information content (AvgIpc) is 2.60. The van der Waals surface area contributed by atoms with E-state index in [2.05, 4.69) is 4.90 Å². The van der Waals surface area contributed by atoms with E-state index >= 15 is 0 Å². The fourth-order valence-electron chi connectivity index (χ4n) is 2.61. The van der Waals surface area contributed by atoms with Crippen molar-refractivity contribution in [3.8, 4) is 5.75 Å². The molecular formula is C20H32N2O4. The predicted molar refractivity (Wildman–Crippen MR) is 102 cm³/mol. The van der Waals surface area contributed by atoms with Crippen LogP contribution in [0.5, 0.6) is 5.75 Å². The summed E-state index contributed by atoms with van der Waals surface area (Å²) in [5, 5.41) is 0. The van der Waals surface area contributed by atoms with Crippen LogP contribution in [0.2, 0.25) is 0 Å². The Labute approximate surface area is 157 Å². The van der Waals surface area contributed by atoms with E-state index in [0.29, 0.717) is 18.8 Å². The van der Waals surface area contributed by atoms with Crippen molar-refractivity contribution >= 4 is 11.9 Å². The number of aryl methyl sites for hydroxylation is 1. The van der Waals surface area contributed by atoms with E-state index in [1.165, 1.54) is 7.11 Å². The highest BCUT2D eigenvalue weighted by molar-refractivity contribution is 5.79. The molecule has 0 radical (unpaired) electrons. The highest BCUT2D eigenvalue weighted by Crippen LogP contribution is 2.20. The molecule has 0 aliphatic heterocycles. The van der Waals surface area contributed by atoms with Gasteiger partial charge in [0.05, 0.1) is 13.0 Å². The molecule has 0 aromatic heterocycles. The minimum Gasteiger partial charge on any atom is -0.483 e. The average molecular weight is 364 g/mol. The van der Waals surface area contributed by atoms with Crippen LogP contribution < -0.4 is 4.74 Å². The lowest BCUT2D eigenvalue weighted by Crippen LogP contribution is -2.41. The van der Waals surface area contributed by atoms with Crippen molar-refractivity contribution in [2.45, 2.75) is 27.2 Å². The summed E-state index contributed by atoms with van der Waals surface area (Å²) in [5.41, 5.74) is 2.15. The molecule has 0 bridgehead atoms. The molecule has 0 spiro atoms. The van der Waals surface area contributed by atoms with Gasteiger partial charge in [-0.05, 0) is 58.1 Å². The molecule has 1 unspecified atom stereocenters. The molecule has 0 saturated carbocycles. The zero-order chi connectivity index (χ0) is 19.7. The number of amides is 1. The third kappa shape index (κ3) is 7.04. The number of rotatable bonds is 10. The highest BCUT2D eigenvalue weighted by Gasteiger charge is 2.22. The minimum absolute atomic E-state index is 0.0415.